The zero-order chi connectivity index (χ0) is 24.5. The van der Waals surface area contributed by atoms with E-state index >= 15 is 0 Å². The number of hydrazine groups is 1. The molecule has 8 heteroatoms. The summed E-state index contributed by atoms with van der Waals surface area (Å²) in [6.07, 6.45) is 1.82. The van der Waals surface area contributed by atoms with Crippen molar-refractivity contribution in [3.63, 3.8) is 0 Å². The van der Waals surface area contributed by atoms with E-state index in [9.17, 15) is 19.5 Å². The predicted molar refractivity (Wildman–Crippen MR) is 128 cm³/mol. The van der Waals surface area contributed by atoms with E-state index in [-0.39, 0.29) is 6.61 Å². The van der Waals surface area contributed by atoms with Crippen molar-refractivity contribution in [2.24, 2.45) is 0 Å². The molecule has 0 saturated heterocycles. The first-order chi connectivity index (χ1) is 16.4. The fourth-order valence-electron chi connectivity index (χ4n) is 4.20. The monoisotopic (exact) mass is 467 g/mol. The molecule has 0 bridgehead atoms. The standard InChI is InChI=1S/C26H33N3O5/c1-3-34-26(33)23(14-13-20-9-5-4-6-10-20)27-19(2)25(32)29(18-24(30)31)28-16-15-21-11-7-8-12-22(21)17-28/h4-12,19,23,27H,3,13-18H2,1-2H3,(H,30,31)/t19-,23-/m0/s1. The van der Waals surface area contributed by atoms with Crippen molar-refractivity contribution in [2.45, 2.75) is 51.7 Å². The van der Waals surface area contributed by atoms with Crippen molar-refractivity contribution in [1.29, 1.82) is 0 Å². The first kappa shape index (κ1) is 25.4. The second-order valence-corrected chi connectivity index (χ2v) is 8.41. The molecular weight excluding hydrogens is 434 g/mol. The van der Waals surface area contributed by atoms with Crippen LogP contribution >= 0.6 is 0 Å². The largest absolute Gasteiger partial charge is 0.480 e. The third-order valence-electron chi connectivity index (χ3n) is 5.95. The van der Waals surface area contributed by atoms with Gasteiger partial charge < -0.3 is 9.84 Å². The molecule has 0 radical (unpaired) electrons. The van der Waals surface area contributed by atoms with Gasteiger partial charge in [0.25, 0.3) is 5.91 Å². The highest BCUT2D eigenvalue weighted by atomic mass is 16.5. The summed E-state index contributed by atoms with van der Waals surface area (Å²) in [5, 5.41) is 15.6. The van der Waals surface area contributed by atoms with E-state index in [2.05, 4.69) is 11.4 Å². The van der Waals surface area contributed by atoms with Crippen LogP contribution in [0.5, 0.6) is 0 Å². The lowest BCUT2D eigenvalue weighted by Gasteiger charge is -2.38. The summed E-state index contributed by atoms with van der Waals surface area (Å²) in [7, 11) is 0. The summed E-state index contributed by atoms with van der Waals surface area (Å²) < 4.78 is 5.22. The molecule has 0 aromatic heterocycles. The number of benzene rings is 2. The lowest BCUT2D eigenvalue weighted by molar-refractivity contribution is -0.163. The third-order valence-corrected chi connectivity index (χ3v) is 5.95. The van der Waals surface area contributed by atoms with Crippen molar-refractivity contribution in [3.8, 4) is 0 Å². The first-order valence-electron chi connectivity index (χ1n) is 11.7. The number of nitrogens with one attached hydrogen (secondary N) is 1. The smallest absolute Gasteiger partial charge is 0.324 e. The number of aliphatic carboxylic acids is 1. The molecule has 2 aromatic rings. The van der Waals surface area contributed by atoms with Gasteiger partial charge in [-0.25, -0.2) is 5.01 Å². The van der Waals surface area contributed by atoms with Crippen molar-refractivity contribution >= 4 is 17.8 Å². The molecule has 1 amide bonds. The van der Waals surface area contributed by atoms with E-state index < -0.39 is 36.5 Å². The van der Waals surface area contributed by atoms with Crippen LogP contribution in [0.1, 0.15) is 37.0 Å². The van der Waals surface area contributed by atoms with E-state index in [0.29, 0.717) is 25.9 Å². The third kappa shape index (κ3) is 6.88. The highest BCUT2D eigenvalue weighted by Crippen LogP contribution is 2.20. The van der Waals surface area contributed by atoms with Gasteiger partial charge in [0.15, 0.2) is 0 Å². The average Bonchev–Trinajstić information content (AvgIpc) is 2.84. The number of rotatable bonds is 11. The van der Waals surface area contributed by atoms with Crippen LogP contribution in [0.3, 0.4) is 0 Å². The van der Waals surface area contributed by atoms with Crippen LogP contribution in [0.2, 0.25) is 0 Å². The molecule has 0 unspecified atom stereocenters. The highest BCUT2D eigenvalue weighted by Gasteiger charge is 2.32. The molecule has 8 nitrogen and oxygen atoms in total. The van der Waals surface area contributed by atoms with Gasteiger partial charge in [-0.15, -0.1) is 0 Å². The van der Waals surface area contributed by atoms with Crippen molar-refractivity contribution in [1.82, 2.24) is 15.3 Å². The van der Waals surface area contributed by atoms with Crippen molar-refractivity contribution in [3.05, 3.63) is 71.3 Å². The van der Waals surface area contributed by atoms with Gasteiger partial charge in [-0.2, -0.15) is 0 Å². The van der Waals surface area contributed by atoms with Crippen molar-refractivity contribution in [2.75, 3.05) is 19.7 Å². The Morgan fingerprint density at radius 2 is 1.76 bits per heavy atom. The van der Waals surface area contributed by atoms with Crippen LogP contribution in [-0.4, -0.2) is 64.8 Å². The number of carboxylic acid groups (broad SMARTS) is 1. The maximum Gasteiger partial charge on any atom is 0.324 e. The fraction of sp³-hybridized carbons (Fsp3) is 0.423. The molecule has 0 spiro atoms. The summed E-state index contributed by atoms with van der Waals surface area (Å²) in [6, 6.07) is 16.3. The molecular formula is C26H33N3O5. The summed E-state index contributed by atoms with van der Waals surface area (Å²) in [5.41, 5.74) is 3.36. The summed E-state index contributed by atoms with van der Waals surface area (Å²) in [4.78, 5) is 37.6. The van der Waals surface area contributed by atoms with Crippen LogP contribution in [0.25, 0.3) is 0 Å². The summed E-state index contributed by atoms with van der Waals surface area (Å²) in [5.74, 6) is -1.91. The maximum atomic E-state index is 13.4. The maximum absolute atomic E-state index is 13.4. The second-order valence-electron chi connectivity index (χ2n) is 8.41. The summed E-state index contributed by atoms with van der Waals surface area (Å²) in [6.45, 7) is 4.19. The number of carbonyl (C=O) groups is 3. The number of esters is 1. The number of nitrogens with zero attached hydrogens (tertiary/aromatic N) is 2. The number of aryl methyl sites for hydroxylation is 1. The Morgan fingerprint density at radius 1 is 1.09 bits per heavy atom. The van der Waals surface area contributed by atoms with Crippen LogP contribution in [0.15, 0.2) is 54.6 Å². The molecule has 2 aromatic carbocycles. The van der Waals surface area contributed by atoms with Gasteiger partial charge >= 0.3 is 11.9 Å². The van der Waals surface area contributed by atoms with E-state index in [0.717, 1.165) is 17.5 Å². The average molecular weight is 468 g/mol. The Morgan fingerprint density at radius 3 is 2.44 bits per heavy atom. The molecule has 1 heterocycles. The minimum atomic E-state index is -1.09. The number of ether oxygens (including phenoxy) is 1. The number of amides is 1. The Hall–Kier alpha value is -3.23. The number of hydrogen-bond donors (Lipinski definition) is 2. The first-order valence-corrected chi connectivity index (χ1v) is 11.7. The van der Waals surface area contributed by atoms with Gasteiger partial charge in [-0.1, -0.05) is 54.6 Å². The minimum absolute atomic E-state index is 0.239. The quantitative estimate of drug-likeness (QED) is 0.490. The Labute approximate surface area is 200 Å². The molecule has 2 N–H and O–H groups in total. The number of carboxylic acids is 1. The SMILES string of the molecule is CCOC(=O)[C@H](CCc1ccccc1)N[C@@H](C)C(=O)N(CC(=O)O)N1CCc2ccccc2C1. The van der Waals surface area contributed by atoms with Crippen molar-refractivity contribution < 1.29 is 24.2 Å². The molecule has 0 saturated carbocycles. The lowest BCUT2D eigenvalue weighted by atomic mass is 10.0. The molecule has 182 valence electrons. The molecule has 34 heavy (non-hydrogen) atoms. The fourth-order valence-corrected chi connectivity index (χ4v) is 4.20. The summed E-state index contributed by atoms with van der Waals surface area (Å²) >= 11 is 0. The van der Waals surface area contributed by atoms with Crippen LogP contribution in [0.4, 0.5) is 0 Å². The van der Waals surface area contributed by atoms with Crippen LogP contribution in [-0.2, 0) is 38.5 Å². The molecule has 1 aliphatic rings. The van der Waals surface area contributed by atoms with E-state index in [1.165, 1.54) is 10.6 Å². The molecule has 1 aliphatic heterocycles. The Bertz CT molecular complexity index is 981. The second kappa shape index (κ2) is 12.3. The zero-order valence-corrected chi connectivity index (χ0v) is 19.8. The molecule has 0 fully saturated rings. The normalized spacial score (nSPS) is 15.1. The van der Waals surface area contributed by atoms with Gasteiger partial charge in [0.1, 0.15) is 12.6 Å². The number of hydrogen-bond acceptors (Lipinski definition) is 6. The lowest BCUT2D eigenvalue weighted by Crippen LogP contribution is -2.57. The highest BCUT2D eigenvalue weighted by molar-refractivity contribution is 5.85. The van der Waals surface area contributed by atoms with Gasteiger partial charge in [-0.05, 0) is 49.8 Å². The van der Waals surface area contributed by atoms with E-state index in [1.54, 1.807) is 18.9 Å². The molecule has 3 rings (SSSR count). The number of carbonyl (C=O) groups excluding carboxylic acids is 2. The van der Waals surface area contributed by atoms with Crippen LogP contribution in [0, 0.1) is 0 Å². The Kier molecular flexibility index (Phi) is 9.18. The van der Waals surface area contributed by atoms with E-state index in [1.807, 2.05) is 48.5 Å². The Balaban J connectivity index is 1.71. The van der Waals surface area contributed by atoms with Gasteiger partial charge in [0, 0.05) is 13.1 Å². The van der Waals surface area contributed by atoms with E-state index in [4.69, 9.17) is 4.74 Å². The van der Waals surface area contributed by atoms with Crippen LogP contribution < -0.4 is 5.32 Å². The zero-order valence-electron chi connectivity index (χ0n) is 19.8. The molecule has 0 aliphatic carbocycles. The van der Waals surface area contributed by atoms with Gasteiger partial charge in [0.05, 0.1) is 12.6 Å². The minimum Gasteiger partial charge on any atom is -0.480 e. The molecule has 2 atom stereocenters. The topological polar surface area (TPSA) is 99.2 Å². The number of fused-ring (bicyclic) bond motifs is 1. The van der Waals surface area contributed by atoms with Gasteiger partial charge in [0.2, 0.25) is 0 Å². The van der Waals surface area contributed by atoms with Gasteiger partial charge in [-0.3, -0.25) is 24.7 Å². The predicted octanol–water partition coefficient (Wildman–Crippen LogP) is 2.42.